The third-order valence-electron chi connectivity index (χ3n) is 2.16. The van der Waals surface area contributed by atoms with E-state index in [4.69, 9.17) is 0 Å². The lowest BCUT2D eigenvalue weighted by atomic mass is 10.2. The number of nitrogens with zero attached hydrogens (tertiary/aromatic N) is 1. The fourth-order valence-electron chi connectivity index (χ4n) is 1.44. The molecule has 0 radical (unpaired) electrons. The Balaban J connectivity index is 2.28. The van der Waals surface area contributed by atoms with Crippen molar-refractivity contribution in [2.24, 2.45) is 0 Å². The lowest BCUT2D eigenvalue weighted by Gasteiger charge is -2.26. The van der Waals surface area contributed by atoms with E-state index in [0.29, 0.717) is 0 Å². The summed E-state index contributed by atoms with van der Waals surface area (Å²) in [6.07, 6.45) is 0. The summed E-state index contributed by atoms with van der Waals surface area (Å²) >= 11 is 3.33. The molecule has 0 bridgehead atoms. The molecule has 1 heterocycles. The first kappa shape index (κ1) is 10.2. The summed E-state index contributed by atoms with van der Waals surface area (Å²) < 4.78 is 0.888. The summed E-state index contributed by atoms with van der Waals surface area (Å²) in [6.45, 7) is 0.167. The van der Waals surface area contributed by atoms with Crippen LogP contribution in [0.25, 0.3) is 0 Å². The Kier molecular flexibility index (Phi) is 2.73. The maximum atomic E-state index is 11.5. The van der Waals surface area contributed by atoms with Gasteiger partial charge >= 0.3 is 0 Å². The zero-order valence-electron chi connectivity index (χ0n) is 7.87. The number of anilines is 1. The highest BCUT2D eigenvalue weighted by Crippen LogP contribution is 2.20. The van der Waals surface area contributed by atoms with Gasteiger partial charge in [0.1, 0.15) is 6.54 Å². The zero-order valence-corrected chi connectivity index (χ0v) is 9.45. The molecule has 0 atom stereocenters. The van der Waals surface area contributed by atoms with Gasteiger partial charge in [0, 0.05) is 10.2 Å². The molecule has 78 valence electrons. The van der Waals surface area contributed by atoms with Crippen LogP contribution in [0.4, 0.5) is 5.69 Å². The number of carbonyl (C=O) groups excluding carboxylic acids is 2. The molecule has 15 heavy (non-hydrogen) atoms. The molecule has 1 aliphatic rings. The smallest absolute Gasteiger partial charge is 0.246 e. The van der Waals surface area contributed by atoms with Crippen LogP contribution in [-0.4, -0.2) is 24.9 Å². The van der Waals surface area contributed by atoms with Crippen LogP contribution in [0.15, 0.2) is 28.7 Å². The van der Waals surface area contributed by atoms with E-state index in [-0.39, 0.29) is 24.9 Å². The van der Waals surface area contributed by atoms with Crippen molar-refractivity contribution in [2.75, 3.05) is 18.0 Å². The van der Waals surface area contributed by atoms with Crippen molar-refractivity contribution >= 4 is 33.4 Å². The van der Waals surface area contributed by atoms with Crippen molar-refractivity contribution in [1.29, 1.82) is 0 Å². The van der Waals surface area contributed by atoms with E-state index in [1.54, 1.807) is 6.07 Å². The molecule has 1 fully saturated rings. The molecule has 1 N–H and O–H groups in total. The van der Waals surface area contributed by atoms with Crippen LogP contribution >= 0.6 is 15.9 Å². The molecule has 0 unspecified atom stereocenters. The minimum Gasteiger partial charge on any atom is -0.345 e. The number of carbonyl (C=O) groups is 2. The molecule has 1 aromatic carbocycles. The molecule has 2 rings (SSSR count). The van der Waals surface area contributed by atoms with E-state index in [9.17, 15) is 9.59 Å². The van der Waals surface area contributed by atoms with Crippen LogP contribution in [0.3, 0.4) is 0 Å². The van der Waals surface area contributed by atoms with Gasteiger partial charge in [-0.1, -0.05) is 22.0 Å². The highest BCUT2D eigenvalue weighted by atomic mass is 79.9. The van der Waals surface area contributed by atoms with Crippen molar-refractivity contribution in [3.05, 3.63) is 28.7 Å². The predicted molar refractivity (Wildman–Crippen MR) is 59.5 cm³/mol. The second kappa shape index (κ2) is 4.02. The molecule has 2 amide bonds. The van der Waals surface area contributed by atoms with E-state index in [1.807, 2.05) is 18.2 Å². The van der Waals surface area contributed by atoms with Gasteiger partial charge in [0.15, 0.2) is 0 Å². The van der Waals surface area contributed by atoms with Gasteiger partial charge in [0.05, 0.1) is 6.54 Å². The summed E-state index contributed by atoms with van der Waals surface area (Å²) in [5.74, 6) is -0.220. The largest absolute Gasteiger partial charge is 0.345 e. The van der Waals surface area contributed by atoms with Crippen LogP contribution in [0.1, 0.15) is 0 Å². The normalized spacial score (nSPS) is 16.5. The number of halogens is 1. The minimum absolute atomic E-state index is 0.0747. The number of nitrogens with one attached hydrogen (secondary N) is 1. The molecular weight excluding hydrogens is 260 g/mol. The highest BCUT2D eigenvalue weighted by Gasteiger charge is 2.24. The van der Waals surface area contributed by atoms with E-state index in [2.05, 4.69) is 21.2 Å². The Hall–Kier alpha value is -1.36. The van der Waals surface area contributed by atoms with Crippen molar-refractivity contribution in [2.45, 2.75) is 0 Å². The standard InChI is InChI=1S/C10H9BrN2O2/c11-7-2-1-3-8(4-7)13-6-9(14)12-5-10(13)15/h1-4H,5-6H2,(H,12,14). The Morgan fingerprint density at radius 3 is 2.87 bits per heavy atom. The van der Waals surface area contributed by atoms with Crippen molar-refractivity contribution in [3.63, 3.8) is 0 Å². The number of benzene rings is 1. The molecule has 0 aliphatic carbocycles. The van der Waals surface area contributed by atoms with Gasteiger partial charge in [-0.25, -0.2) is 0 Å². The summed E-state index contributed by atoms with van der Waals surface area (Å²) in [5.41, 5.74) is 0.740. The summed E-state index contributed by atoms with van der Waals surface area (Å²) in [4.78, 5) is 24.2. The highest BCUT2D eigenvalue weighted by molar-refractivity contribution is 9.10. The molecule has 1 aromatic rings. The molecule has 1 saturated heterocycles. The third-order valence-corrected chi connectivity index (χ3v) is 2.65. The Labute approximate surface area is 95.4 Å². The van der Waals surface area contributed by atoms with Gasteiger partial charge in [0.2, 0.25) is 11.8 Å². The van der Waals surface area contributed by atoms with Crippen LogP contribution in [0.2, 0.25) is 0 Å². The van der Waals surface area contributed by atoms with Gasteiger partial charge in [-0.3, -0.25) is 9.59 Å². The maximum Gasteiger partial charge on any atom is 0.246 e. The summed E-state index contributed by atoms with van der Waals surface area (Å²) in [5, 5.41) is 2.50. The van der Waals surface area contributed by atoms with Gasteiger partial charge < -0.3 is 10.2 Å². The number of amides is 2. The quantitative estimate of drug-likeness (QED) is 0.823. The second-order valence-corrected chi connectivity index (χ2v) is 4.15. The number of hydrogen-bond donors (Lipinski definition) is 1. The predicted octanol–water partition coefficient (Wildman–Crippen LogP) is 0.912. The molecular formula is C10H9BrN2O2. The van der Waals surface area contributed by atoms with E-state index in [1.165, 1.54) is 4.90 Å². The average molecular weight is 269 g/mol. The summed E-state index contributed by atoms with van der Waals surface area (Å²) in [6, 6.07) is 7.33. The first-order valence-corrected chi connectivity index (χ1v) is 5.29. The number of rotatable bonds is 1. The van der Waals surface area contributed by atoms with E-state index < -0.39 is 0 Å². The van der Waals surface area contributed by atoms with E-state index in [0.717, 1.165) is 10.2 Å². The summed E-state index contributed by atoms with van der Waals surface area (Å²) in [7, 11) is 0. The van der Waals surface area contributed by atoms with Crippen molar-refractivity contribution in [3.8, 4) is 0 Å². The minimum atomic E-state index is -0.130. The van der Waals surface area contributed by atoms with E-state index >= 15 is 0 Å². The van der Waals surface area contributed by atoms with Gasteiger partial charge in [-0.2, -0.15) is 0 Å². The molecule has 1 aliphatic heterocycles. The Bertz CT molecular complexity index is 420. The maximum absolute atomic E-state index is 11.5. The van der Waals surface area contributed by atoms with Gasteiger partial charge in [-0.15, -0.1) is 0 Å². The van der Waals surface area contributed by atoms with Crippen LogP contribution in [0, 0.1) is 0 Å². The topological polar surface area (TPSA) is 49.4 Å². The molecule has 0 saturated carbocycles. The lowest BCUT2D eigenvalue weighted by Crippen LogP contribution is -2.51. The van der Waals surface area contributed by atoms with Crippen LogP contribution in [-0.2, 0) is 9.59 Å². The number of hydrogen-bond acceptors (Lipinski definition) is 2. The average Bonchev–Trinajstić information content (AvgIpc) is 2.22. The molecule has 5 heteroatoms. The molecule has 4 nitrogen and oxygen atoms in total. The molecule has 0 aromatic heterocycles. The van der Waals surface area contributed by atoms with Crippen molar-refractivity contribution < 1.29 is 9.59 Å². The second-order valence-electron chi connectivity index (χ2n) is 3.24. The third kappa shape index (κ3) is 2.18. The van der Waals surface area contributed by atoms with Crippen molar-refractivity contribution in [1.82, 2.24) is 5.32 Å². The fourth-order valence-corrected chi connectivity index (χ4v) is 1.82. The monoisotopic (exact) mass is 268 g/mol. The SMILES string of the molecule is O=C1CN(c2cccc(Br)c2)C(=O)CN1. The fraction of sp³-hybridized carbons (Fsp3) is 0.200. The zero-order chi connectivity index (χ0) is 10.8. The van der Waals surface area contributed by atoms with Crippen LogP contribution in [0.5, 0.6) is 0 Å². The lowest BCUT2D eigenvalue weighted by molar-refractivity contribution is -0.128. The van der Waals surface area contributed by atoms with Crippen LogP contribution < -0.4 is 10.2 Å². The molecule has 0 spiro atoms. The Morgan fingerprint density at radius 1 is 1.33 bits per heavy atom. The Morgan fingerprint density at radius 2 is 2.13 bits per heavy atom. The first-order valence-electron chi connectivity index (χ1n) is 4.49. The number of piperazine rings is 1. The van der Waals surface area contributed by atoms with Gasteiger partial charge in [-0.05, 0) is 18.2 Å². The first-order chi connectivity index (χ1) is 7.16. The van der Waals surface area contributed by atoms with Gasteiger partial charge in [0.25, 0.3) is 0 Å².